The molecular formula is C32H35ClF5N7O2. The molecule has 9 nitrogen and oxygen atoms in total. The molecule has 0 amide bonds. The maximum absolute atomic E-state index is 16.8. The van der Waals surface area contributed by atoms with Gasteiger partial charge in [-0.3, -0.25) is 0 Å². The van der Waals surface area contributed by atoms with Crippen molar-refractivity contribution in [3.05, 3.63) is 40.4 Å². The van der Waals surface area contributed by atoms with Gasteiger partial charge in [0.05, 0.1) is 23.0 Å². The van der Waals surface area contributed by atoms with Crippen LogP contribution >= 0.6 is 11.6 Å². The van der Waals surface area contributed by atoms with Gasteiger partial charge in [-0.05, 0) is 50.4 Å². The molecule has 6 heterocycles. The van der Waals surface area contributed by atoms with E-state index in [2.05, 4.69) is 20.2 Å². The first kappa shape index (κ1) is 32.1. The van der Waals surface area contributed by atoms with Crippen LogP contribution in [-0.2, 0) is 6.18 Å². The van der Waals surface area contributed by atoms with E-state index >= 15 is 4.39 Å². The monoisotopic (exact) mass is 679 g/mol. The van der Waals surface area contributed by atoms with Gasteiger partial charge in [-0.1, -0.05) is 25.4 Å². The highest BCUT2D eigenvalue weighted by Gasteiger charge is 2.48. The van der Waals surface area contributed by atoms with Crippen molar-refractivity contribution in [1.82, 2.24) is 25.2 Å². The minimum Gasteiger partial charge on any atom is -0.472 e. The zero-order chi connectivity index (χ0) is 33.4. The van der Waals surface area contributed by atoms with E-state index in [4.69, 9.17) is 31.8 Å². The van der Waals surface area contributed by atoms with E-state index in [9.17, 15) is 17.6 Å². The fourth-order valence-corrected chi connectivity index (χ4v) is 8.04. The number of benzene rings is 1. The van der Waals surface area contributed by atoms with Crippen molar-refractivity contribution >= 4 is 34.0 Å². The standard InChI is InChI=1S/C32H35ClF5N7O2/c1-4-44-8-7-16(11-34)31(3,13-44)14-46-30-42-26-22-28(43-30)45-12-18-5-6-21(40-18)27(45)15(2)47-29(22)41-25(24(26)35)19-9-17(39)10-20(33)23(19)32(36,37)38/h9-11,15,18,21,27,40H,4-8,12-14,39H2,1-3H3/b16-11+/t15?,18-,21+,27-,31+/m1/s1. The quantitative estimate of drug-likeness (QED) is 0.243. The van der Waals surface area contributed by atoms with Crippen LogP contribution < -0.4 is 25.4 Å². The number of likely N-dealkylation sites (tertiary alicyclic amines) is 1. The van der Waals surface area contributed by atoms with Crippen LogP contribution in [0.5, 0.6) is 11.9 Å². The maximum atomic E-state index is 16.8. The number of aromatic nitrogens is 3. The predicted molar refractivity (Wildman–Crippen MR) is 168 cm³/mol. The number of hydrogen-bond acceptors (Lipinski definition) is 9. The fraction of sp³-hybridized carbons (Fsp3) is 0.531. The molecule has 3 aromatic rings. The van der Waals surface area contributed by atoms with Crippen molar-refractivity contribution in [3.63, 3.8) is 0 Å². The molecule has 0 aliphatic carbocycles. The molecule has 252 valence electrons. The van der Waals surface area contributed by atoms with E-state index in [-0.39, 0.29) is 53.2 Å². The Morgan fingerprint density at radius 3 is 2.74 bits per heavy atom. The van der Waals surface area contributed by atoms with Crippen molar-refractivity contribution in [2.24, 2.45) is 5.41 Å². The third-order valence-corrected chi connectivity index (χ3v) is 10.3. The van der Waals surface area contributed by atoms with Gasteiger partial charge in [-0.2, -0.15) is 23.1 Å². The normalized spacial score (nSPS) is 28.4. The average Bonchev–Trinajstić information content (AvgIpc) is 3.34. The van der Waals surface area contributed by atoms with E-state index in [1.807, 2.05) is 25.7 Å². The van der Waals surface area contributed by atoms with Crippen LogP contribution in [0.4, 0.5) is 33.5 Å². The van der Waals surface area contributed by atoms with E-state index in [0.29, 0.717) is 43.8 Å². The molecule has 3 fully saturated rings. The van der Waals surface area contributed by atoms with Crippen molar-refractivity contribution in [2.45, 2.75) is 70.4 Å². The van der Waals surface area contributed by atoms with Gasteiger partial charge in [0.15, 0.2) is 5.82 Å². The Kier molecular flexibility index (Phi) is 7.91. The molecule has 7 rings (SSSR count). The average molecular weight is 680 g/mol. The van der Waals surface area contributed by atoms with Gasteiger partial charge in [0.2, 0.25) is 5.88 Å². The Morgan fingerprint density at radius 1 is 1.23 bits per heavy atom. The Bertz CT molecular complexity index is 1770. The maximum Gasteiger partial charge on any atom is 0.418 e. The zero-order valence-corrected chi connectivity index (χ0v) is 26.9. The van der Waals surface area contributed by atoms with Gasteiger partial charge in [-0.15, -0.1) is 0 Å². The number of nitrogens with one attached hydrogen (secondary N) is 1. The summed E-state index contributed by atoms with van der Waals surface area (Å²) in [5, 5.41) is 3.04. The number of nitrogens with two attached hydrogens (primary N) is 1. The second-order valence-corrected chi connectivity index (χ2v) is 13.6. The first-order chi connectivity index (χ1) is 22.3. The molecule has 1 aromatic carbocycles. The summed E-state index contributed by atoms with van der Waals surface area (Å²) in [5.74, 6) is -0.928. The van der Waals surface area contributed by atoms with Crippen LogP contribution in [0.2, 0.25) is 5.02 Å². The number of fused-ring (bicyclic) bond motifs is 5. The number of ether oxygens (including phenoxy) is 2. The largest absolute Gasteiger partial charge is 0.472 e. The molecule has 4 aliphatic rings. The number of rotatable bonds is 5. The lowest BCUT2D eigenvalue weighted by Crippen LogP contribution is -2.62. The summed E-state index contributed by atoms with van der Waals surface area (Å²) in [4.78, 5) is 17.8. The smallest absolute Gasteiger partial charge is 0.418 e. The number of pyridine rings is 1. The second kappa shape index (κ2) is 11.6. The minimum absolute atomic E-state index is 0.0111. The van der Waals surface area contributed by atoms with E-state index in [1.165, 1.54) is 0 Å². The summed E-state index contributed by atoms with van der Waals surface area (Å²) in [7, 11) is 0. The summed E-state index contributed by atoms with van der Waals surface area (Å²) in [6.45, 7) is 8.28. The molecule has 0 radical (unpaired) electrons. The van der Waals surface area contributed by atoms with Crippen LogP contribution in [0.1, 0.15) is 45.6 Å². The first-order valence-electron chi connectivity index (χ1n) is 15.7. The highest BCUT2D eigenvalue weighted by Crippen LogP contribution is 2.48. The molecule has 2 aromatic heterocycles. The van der Waals surface area contributed by atoms with Gasteiger partial charge in [-0.25, -0.2) is 13.8 Å². The van der Waals surface area contributed by atoms with Crippen LogP contribution in [0.3, 0.4) is 0 Å². The van der Waals surface area contributed by atoms with Crippen molar-refractivity contribution in [1.29, 1.82) is 0 Å². The molecule has 1 unspecified atom stereocenters. The lowest BCUT2D eigenvalue weighted by Gasteiger charge is -2.43. The van der Waals surface area contributed by atoms with E-state index in [1.54, 1.807) is 0 Å². The van der Waals surface area contributed by atoms with Crippen LogP contribution in [0, 0.1) is 11.2 Å². The molecule has 5 atom stereocenters. The molecule has 0 spiro atoms. The van der Waals surface area contributed by atoms with Gasteiger partial charge >= 0.3 is 12.2 Å². The minimum atomic E-state index is -4.95. The van der Waals surface area contributed by atoms with Crippen LogP contribution in [-0.4, -0.2) is 76.9 Å². The summed E-state index contributed by atoms with van der Waals surface area (Å²) < 4.78 is 86.3. The SMILES string of the molecule is CCN1CC/C(=C\F)[C@](C)(COc2nc3c4c(nc(-c5cc(N)cc(Cl)c5C(F)(F)F)c(F)c4n2)OC(C)[C@@H]2[C@@H]4CC[C@H](CN32)N4)C1. The third-order valence-electron chi connectivity index (χ3n) is 10.0. The molecule has 15 heteroatoms. The van der Waals surface area contributed by atoms with Gasteiger partial charge in [0.1, 0.15) is 35.1 Å². The van der Waals surface area contributed by atoms with Crippen molar-refractivity contribution < 1.29 is 31.4 Å². The fourth-order valence-electron chi connectivity index (χ4n) is 7.71. The number of anilines is 2. The Morgan fingerprint density at radius 2 is 2.02 bits per heavy atom. The summed E-state index contributed by atoms with van der Waals surface area (Å²) in [5.41, 5.74) is 2.73. The van der Waals surface area contributed by atoms with E-state index < -0.39 is 45.4 Å². The highest BCUT2D eigenvalue weighted by atomic mass is 35.5. The number of piperidine rings is 1. The Hall–Kier alpha value is -3.49. The van der Waals surface area contributed by atoms with Crippen molar-refractivity contribution in [3.8, 4) is 23.1 Å². The Labute approximate surface area is 273 Å². The Balaban J connectivity index is 1.42. The second-order valence-electron chi connectivity index (χ2n) is 13.2. The number of nitrogens with zero attached hydrogens (tertiary/aromatic N) is 5. The van der Waals surface area contributed by atoms with Gasteiger partial charge < -0.3 is 30.3 Å². The molecule has 3 saturated heterocycles. The molecule has 4 aliphatic heterocycles. The zero-order valence-electron chi connectivity index (χ0n) is 26.1. The lowest BCUT2D eigenvalue weighted by molar-refractivity contribution is -0.137. The number of nitrogen functional groups attached to an aromatic ring is 1. The number of halogens is 6. The van der Waals surface area contributed by atoms with Crippen LogP contribution in [0.25, 0.3) is 22.2 Å². The number of alkyl halides is 3. The number of piperazine rings is 1. The predicted octanol–water partition coefficient (Wildman–Crippen LogP) is 6.14. The molecule has 47 heavy (non-hydrogen) atoms. The molecular weight excluding hydrogens is 645 g/mol. The summed E-state index contributed by atoms with van der Waals surface area (Å²) in [6.07, 6.45) is -2.52. The topological polar surface area (TPSA) is 102 Å². The third kappa shape index (κ3) is 5.41. The van der Waals surface area contributed by atoms with Gasteiger partial charge in [0.25, 0.3) is 0 Å². The lowest BCUT2D eigenvalue weighted by atomic mass is 9.78. The first-order valence-corrected chi connectivity index (χ1v) is 16.1. The summed E-state index contributed by atoms with van der Waals surface area (Å²) >= 11 is 6.04. The number of hydrogen-bond donors (Lipinski definition) is 2. The highest BCUT2D eigenvalue weighted by molar-refractivity contribution is 6.32. The van der Waals surface area contributed by atoms with Crippen LogP contribution in [0.15, 0.2) is 24.0 Å². The van der Waals surface area contributed by atoms with E-state index in [0.717, 1.165) is 31.5 Å². The summed E-state index contributed by atoms with van der Waals surface area (Å²) in [6, 6.07) is 1.68. The molecule has 2 bridgehead atoms. The molecule has 0 saturated carbocycles. The van der Waals surface area contributed by atoms with Gasteiger partial charge in [0, 0.05) is 48.4 Å². The molecule has 3 N–H and O–H groups in total. The van der Waals surface area contributed by atoms with Crippen molar-refractivity contribution in [2.75, 3.05) is 43.4 Å².